The van der Waals surface area contributed by atoms with Crippen molar-refractivity contribution in [3.8, 4) is 22.8 Å². The highest BCUT2D eigenvalue weighted by Gasteiger charge is 2.17. The zero-order chi connectivity index (χ0) is 23.8. The highest BCUT2D eigenvalue weighted by molar-refractivity contribution is 7.99. The number of thioether (sulfide) groups is 1. The molecule has 0 atom stereocenters. The van der Waals surface area contributed by atoms with Crippen LogP contribution < -0.4 is 10.2 Å². The highest BCUT2D eigenvalue weighted by Crippen LogP contribution is 2.28. The smallest absolute Gasteiger partial charge is 0.250 e. The molecule has 1 amide bonds. The fourth-order valence-electron chi connectivity index (χ4n) is 3.05. The Morgan fingerprint density at radius 3 is 2.71 bits per heavy atom. The SMILES string of the molecule is CCOc1ccc(-n2c(SCC(=O)NN=Cc3ccccc3F)nnc2-c2cccnc2)cc1. The standard InChI is InChI=1S/C24H21FN6O2S/c1-2-33-20-11-9-19(10-12-20)31-23(18-7-5-13-26-14-18)29-30-24(31)34-16-22(32)28-27-15-17-6-3-4-8-21(17)25/h3-15H,2,16H2,1H3,(H,28,32). The van der Waals surface area contributed by atoms with E-state index in [1.165, 1.54) is 24.0 Å². The Kier molecular flexibility index (Phi) is 7.61. The molecule has 0 aliphatic carbocycles. The lowest BCUT2D eigenvalue weighted by atomic mass is 10.2. The molecule has 172 valence electrons. The van der Waals surface area contributed by atoms with Crippen molar-refractivity contribution in [1.29, 1.82) is 0 Å². The summed E-state index contributed by atoms with van der Waals surface area (Å²) in [4.78, 5) is 16.5. The Morgan fingerprint density at radius 1 is 1.15 bits per heavy atom. The first-order chi connectivity index (χ1) is 16.7. The van der Waals surface area contributed by atoms with Gasteiger partial charge in [-0.1, -0.05) is 30.0 Å². The lowest BCUT2D eigenvalue weighted by Gasteiger charge is -2.11. The van der Waals surface area contributed by atoms with Gasteiger partial charge in [0.15, 0.2) is 11.0 Å². The maximum absolute atomic E-state index is 13.7. The number of amides is 1. The average molecular weight is 477 g/mol. The van der Waals surface area contributed by atoms with Crippen molar-refractivity contribution in [3.63, 3.8) is 0 Å². The third kappa shape index (κ3) is 5.65. The summed E-state index contributed by atoms with van der Waals surface area (Å²) in [5.74, 6) is 0.612. The molecule has 4 aromatic rings. The van der Waals surface area contributed by atoms with Gasteiger partial charge in [0, 0.05) is 29.2 Å². The zero-order valence-corrected chi connectivity index (χ0v) is 19.1. The van der Waals surface area contributed by atoms with E-state index in [2.05, 4.69) is 25.7 Å². The molecule has 0 bridgehead atoms. The number of hydrogen-bond acceptors (Lipinski definition) is 7. The molecule has 10 heteroatoms. The topological polar surface area (TPSA) is 94.3 Å². The molecular weight excluding hydrogens is 455 g/mol. The van der Waals surface area contributed by atoms with E-state index in [0.29, 0.717) is 17.6 Å². The molecule has 2 aromatic carbocycles. The fourth-order valence-corrected chi connectivity index (χ4v) is 3.80. The Balaban J connectivity index is 1.51. The summed E-state index contributed by atoms with van der Waals surface area (Å²) in [5.41, 5.74) is 4.29. The van der Waals surface area contributed by atoms with Crippen LogP contribution in [0.4, 0.5) is 4.39 Å². The minimum absolute atomic E-state index is 0.0385. The van der Waals surface area contributed by atoms with Gasteiger partial charge in [-0.3, -0.25) is 14.3 Å². The van der Waals surface area contributed by atoms with E-state index in [0.717, 1.165) is 17.0 Å². The Bertz CT molecular complexity index is 1280. The number of hydrazone groups is 1. The number of rotatable bonds is 9. The molecule has 0 spiro atoms. The van der Waals surface area contributed by atoms with Crippen LogP contribution in [-0.2, 0) is 4.79 Å². The van der Waals surface area contributed by atoms with Crippen molar-refractivity contribution in [2.75, 3.05) is 12.4 Å². The van der Waals surface area contributed by atoms with Crippen molar-refractivity contribution < 1.29 is 13.9 Å². The first kappa shape index (κ1) is 23.1. The van der Waals surface area contributed by atoms with Crippen molar-refractivity contribution in [2.24, 2.45) is 5.10 Å². The van der Waals surface area contributed by atoms with Gasteiger partial charge in [-0.05, 0) is 49.4 Å². The fraction of sp³-hybridized carbons (Fsp3) is 0.125. The van der Waals surface area contributed by atoms with Gasteiger partial charge in [0.1, 0.15) is 11.6 Å². The number of nitrogens with zero attached hydrogens (tertiary/aromatic N) is 5. The van der Waals surface area contributed by atoms with E-state index in [9.17, 15) is 9.18 Å². The summed E-state index contributed by atoms with van der Waals surface area (Å²) in [6.07, 6.45) is 4.65. The summed E-state index contributed by atoms with van der Waals surface area (Å²) < 4.78 is 21.0. The lowest BCUT2D eigenvalue weighted by molar-refractivity contribution is -0.118. The summed E-state index contributed by atoms with van der Waals surface area (Å²) in [5, 5.41) is 13.0. The molecule has 0 aliphatic heterocycles. The molecule has 34 heavy (non-hydrogen) atoms. The second kappa shape index (κ2) is 11.2. The number of nitrogens with one attached hydrogen (secondary N) is 1. The molecular formula is C24H21FN6O2S. The van der Waals surface area contributed by atoms with E-state index >= 15 is 0 Å². The molecule has 0 aliphatic rings. The predicted molar refractivity (Wildman–Crippen MR) is 129 cm³/mol. The second-order valence-electron chi connectivity index (χ2n) is 6.91. The number of carbonyl (C=O) groups excluding carboxylic acids is 1. The summed E-state index contributed by atoms with van der Waals surface area (Å²) in [7, 11) is 0. The monoisotopic (exact) mass is 476 g/mol. The van der Waals surface area contributed by atoms with Crippen LogP contribution in [0.5, 0.6) is 5.75 Å². The van der Waals surface area contributed by atoms with Crippen LogP contribution in [0, 0.1) is 5.82 Å². The first-order valence-electron chi connectivity index (χ1n) is 10.4. The van der Waals surface area contributed by atoms with Crippen LogP contribution in [0.25, 0.3) is 17.1 Å². The Hall–Kier alpha value is -4.05. The van der Waals surface area contributed by atoms with E-state index in [-0.39, 0.29) is 17.2 Å². The van der Waals surface area contributed by atoms with E-state index in [1.807, 2.05) is 47.9 Å². The normalized spacial score (nSPS) is 11.0. The van der Waals surface area contributed by atoms with Crippen LogP contribution >= 0.6 is 11.8 Å². The number of halogens is 1. The molecule has 8 nitrogen and oxygen atoms in total. The molecule has 0 saturated carbocycles. The number of benzene rings is 2. The lowest BCUT2D eigenvalue weighted by Crippen LogP contribution is -2.20. The van der Waals surface area contributed by atoms with Gasteiger partial charge in [0.2, 0.25) is 0 Å². The Labute approximate surface area is 199 Å². The van der Waals surface area contributed by atoms with Crippen LogP contribution in [-0.4, -0.2) is 44.2 Å². The molecule has 2 heterocycles. The second-order valence-corrected chi connectivity index (χ2v) is 7.86. The Morgan fingerprint density at radius 2 is 1.97 bits per heavy atom. The van der Waals surface area contributed by atoms with Gasteiger partial charge < -0.3 is 4.74 Å². The van der Waals surface area contributed by atoms with Gasteiger partial charge in [-0.25, -0.2) is 9.82 Å². The molecule has 0 fully saturated rings. The summed E-state index contributed by atoms with van der Waals surface area (Å²) in [6.45, 7) is 2.50. The average Bonchev–Trinajstić information content (AvgIpc) is 3.29. The van der Waals surface area contributed by atoms with Crippen molar-refractivity contribution in [1.82, 2.24) is 25.2 Å². The largest absolute Gasteiger partial charge is 0.494 e. The van der Waals surface area contributed by atoms with Crippen LogP contribution in [0.2, 0.25) is 0 Å². The quantitative estimate of drug-likeness (QED) is 0.222. The molecule has 4 rings (SSSR count). The van der Waals surface area contributed by atoms with Gasteiger partial charge in [-0.2, -0.15) is 5.10 Å². The number of carbonyl (C=O) groups is 1. The van der Waals surface area contributed by atoms with Gasteiger partial charge in [0.05, 0.1) is 18.6 Å². The van der Waals surface area contributed by atoms with Crippen LogP contribution in [0.1, 0.15) is 12.5 Å². The third-order valence-corrected chi connectivity index (χ3v) is 5.52. The number of hydrogen-bond donors (Lipinski definition) is 1. The van der Waals surface area contributed by atoms with Crippen molar-refractivity contribution in [2.45, 2.75) is 12.1 Å². The summed E-state index contributed by atoms with van der Waals surface area (Å²) >= 11 is 1.21. The van der Waals surface area contributed by atoms with Gasteiger partial charge >= 0.3 is 0 Å². The summed E-state index contributed by atoms with van der Waals surface area (Å²) in [6, 6.07) is 17.4. The maximum atomic E-state index is 13.7. The molecule has 0 radical (unpaired) electrons. The molecule has 2 aromatic heterocycles. The number of aromatic nitrogens is 4. The van der Waals surface area contributed by atoms with Crippen LogP contribution in [0.3, 0.4) is 0 Å². The molecule has 0 unspecified atom stereocenters. The van der Waals surface area contributed by atoms with Crippen LogP contribution in [0.15, 0.2) is 83.3 Å². The molecule has 1 N–H and O–H groups in total. The number of ether oxygens (including phenoxy) is 1. The first-order valence-corrected chi connectivity index (χ1v) is 11.4. The minimum Gasteiger partial charge on any atom is -0.494 e. The van der Waals surface area contributed by atoms with E-state index < -0.39 is 5.82 Å². The minimum atomic E-state index is -0.415. The predicted octanol–water partition coefficient (Wildman–Crippen LogP) is 4.11. The van der Waals surface area contributed by atoms with Crippen molar-refractivity contribution in [3.05, 3.63) is 84.4 Å². The van der Waals surface area contributed by atoms with E-state index in [1.54, 1.807) is 30.6 Å². The maximum Gasteiger partial charge on any atom is 0.250 e. The van der Waals surface area contributed by atoms with Crippen molar-refractivity contribution >= 4 is 23.9 Å². The zero-order valence-electron chi connectivity index (χ0n) is 18.3. The third-order valence-electron chi connectivity index (χ3n) is 4.59. The highest BCUT2D eigenvalue weighted by atomic mass is 32.2. The van der Waals surface area contributed by atoms with Gasteiger partial charge in [0.25, 0.3) is 5.91 Å². The molecule has 0 saturated heterocycles. The van der Waals surface area contributed by atoms with Gasteiger partial charge in [-0.15, -0.1) is 10.2 Å². The van der Waals surface area contributed by atoms with E-state index in [4.69, 9.17) is 4.74 Å². The number of pyridine rings is 1.